The summed E-state index contributed by atoms with van der Waals surface area (Å²) in [6.07, 6.45) is 0. The van der Waals surface area contributed by atoms with Crippen molar-refractivity contribution in [2.24, 2.45) is 0 Å². The van der Waals surface area contributed by atoms with Gasteiger partial charge in [-0.3, -0.25) is 0 Å². The van der Waals surface area contributed by atoms with Crippen LogP contribution in [0.4, 0.5) is 0 Å². The summed E-state index contributed by atoms with van der Waals surface area (Å²) in [4.78, 5) is 0. The van der Waals surface area contributed by atoms with Crippen molar-refractivity contribution < 1.29 is 39.7 Å². The van der Waals surface area contributed by atoms with Crippen molar-refractivity contribution in [3.05, 3.63) is 0 Å². The average molecular weight is 222 g/mol. The predicted molar refractivity (Wildman–Crippen MR) is 29.3 cm³/mol. The van der Waals surface area contributed by atoms with Crippen LogP contribution in [0.1, 0.15) is 2.85 Å². The Morgan fingerprint density at radius 1 is 1.20 bits per heavy atom. The van der Waals surface area contributed by atoms with E-state index in [4.69, 9.17) is 0 Å². The van der Waals surface area contributed by atoms with Gasteiger partial charge >= 0.3 is 37.7 Å². The number of rotatable bonds is 0. The van der Waals surface area contributed by atoms with E-state index in [1.807, 2.05) is 0 Å². The van der Waals surface area contributed by atoms with Crippen LogP contribution in [0.5, 0.6) is 0 Å². The Bertz CT molecular complexity index is 17.7. The van der Waals surface area contributed by atoms with E-state index in [9.17, 15) is 0 Å². The zero-order valence-corrected chi connectivity index (χ0v) is 8.27. The third kappa shape index (κ3) is 19.1. The average Bonchev–Trinajstić information content (AvgIpc) is 0. The first-order valence-electron chi connectivity index (χ1n) is 0. The van der Waals surface area contributed by atoms with Gasteiger partial charge in [0.1, 0.15) is 0 Å². The minimum atomic E-state index is 0. The molecule has 0 bridgehead atoms. The third-order valence-electron chi connectivity index (χ3n) is 0. The second-order valence-corrected chi connectivity index (χ2v) is 0. The van der Waals surface area contributed by atoms with E-state index in [-0.39, 0.29) is 106 Å². The molecule has 0 N–H and O–H groups in total. The first-order valence-corrected chi connectivity index (χ1v) is 0. The summed E-state index contributed by atoms with van der Waals surface area (Å²) in [5, 5.41) is 0. The van der Waals surface area contributed by atoms with Gasteiger partial charge in [-0.1, -0.05) is 0 Å². The van der Waals surface area contributed by atoms with Crippen LogP contribution in [-0.4, -0.2) is 66.1 Å². The molecule has 0 saturated carbocycles. The molecule has 0 aromatic heterocycles. The van der Waals surface area contributed by atoms with Gasteiger partial charge < -0.3 is 2.85 Å². The molecule has 0 nitrogen and oxygen atoms in total. The fourth-order valence-electron chi connectivity index (χ4n) is 0. The summed E-state index contributed by atoms with van der Waals surface area (Å²) in [7, 11) is 0. The summed E-state index contributed by atoms with van der Waals surface area (Å²) in [6, 6.07) is 0. The molecule has 26 valence electrons. The summed E-state index contributed by atoms with van der Waals surface area (Å²) in [5.41, 5.74) is 0. The van der Waals surface area contributed by atoms with E-state index in [1.165, 1.54) is 0 Å². The molecule has 0 radical (unpaired) electrons. The summed E-state index contributed by atoms with van der Waals surface area (Å²) in [6.45, 7) is 0. The number of hydrogen-bond donors (Lipinski definition) is 0. The second-order valence-electron chi connectivity index (χ2n) is 0. The molecule has 0 spiro atoms. The SMILES string of the molecule is [AlH3].[Ca+2].[Cr].[H-].[H-].[SiH4].[Zn]. The van der Waals surface area contributed by atoms with E-state index in [1.54, 1.807) is 0 Å². The van der Waals surface area contributed by atoms with Crippen LogP contribution in [0.15, 0.2) is 0 Å². The second kappa shape index (κ2) is 27.2. The summed E-state index contributed by atoms with van der Waals surface area (Å²) in [5.74, 6) is 0. The van der Waals surface area contributed by atoms with Gasteiger partial charge in [-0.05, 0) is 11.0 Å². The van der Waals surface area contributed by atoms with Crippen LogP contribution in [0.2, 0.25) is 0 Å². The molecule has 0 aliphatic carbocycles. The quantitative estimate of drug-likeness (QED) is 0.388. The normalized spacial score (nSPS) is 0. The van der Waals surface area contributed by atoms with Crippen LogP contribution < -0.4 is 0 Å². The molecule has 0 saturated heterocycles. The van der Waals surface area contributed by atoms with E-state index in [2.05, 4.69) is 0 Å². The van der Waals surface area contributed by atoms with Crippen molar-refractivity contribution in [1.29, 1.82) is 0 Å². The zero-order chi connectivity index (χ0) is 0. The van der Waals surface area contributed by atoms with Gasteiger partial charge in [-0.15, -0.1) is 0 Å². The van der Waals surface area contributed by atoms with Gasteiger partial charge in [0, 0.05) is 36.8 Å². The molecule has 0 aliphatic rings. The molecule has 0 atom stereocenters. The Morgan fingerprint density at radius 2 is 1.20 bits per heavy atom. The van der Waals surface area contributed by atoms with Crippen LogP contribution in [0.25, 0.3) is 0 Å². The predicted octanol–water partition coefficient (Wildman–Crippen LogP) is -2.80. The zero-order valence-electron chi connectivity index (χ0n) is 3.82. The van der Waals surface area contributed by atoms with Gasteiger partial charge in [0.25, 0.3) is 0 Å². The first kappa shape index (κ1) is 41.8. The fraction of sp³-hybridized carbons (Fsp3) is 0. The fourth-order valence-corrected chi connectivity index (χ4v) is 0. The monoisotopic (exact) mass is 220 g/mol. The molecule has 0 fully saturated rings. The minimum absolute atomic E-state index is 0. The number of hydrogen-bond acceptors (Lipinski definition) is 0. The third-order valence-corrected chi connectivity index (χ3v) is 0. The minimum Gasteiger partial charge on any atom is -1.00 e. The van der Waals surface area contributed by atoms with Gasteiger partial charge in [0.2, 0.25) is 0 Å². The molecule has 0 aliphatic heterocycles. The van der Waals surface area contributed by atoms with Crippen molar-refractivity contribution >= 4 is 66.1 Å². The Balaban J connectivity index is 0. The van der Waals surface area contributed by atoms with Gasteiger partial charge in [-0.25, -0.2) is 0 Å². The molecule has 0 aromatic rings. The Hall–Kier alpha value is 3.16. The summed E-state index contributed by atoms with van der Waals surface area (Å²) < 4.78 is 0. The van der Waals surface area contributed by atoms with Crippen molar-refractivity contribution in [3.63, 3.8) is 0 Å². The molecule has 0 aromatic carbocycles. The van der Waals surface area contributed by atoms with Crippen molar-refractivity contribution in [1.82, 2.24) is 0 Å². The van der Waals surface area contributed by atoms with E-state index < -0.39 is 0 Å². The van der Waals surface area contributed by atoms with Crippen molar-refractivity contribution in [2.75, 3.05) is 0 Å². The van der Waals surface area contributed by atoms with Gasteiger partial charge in [0.15, 0.2) is 17.4 Å². The molecule has 0 unspecified atom stereocenters. The van der Waals surface area contributed by atoms with E-state index in [0.717, 1.165) is 0 Å². The van der Waals surface area contributed by atoms with E-state index in [0.29, 0.717) is 0 Å². The largest absolute Gasteiger partial charge is 2.00 e. The van der Waals surface area contributed by atoms with E-state index >= 15 is 0 Å². The van der Waals surface area contributed by atoms with Crippen LogP contribution >= 0.6 is 0 Å². The van der Waals surface area contributed by atoms with Gasteiger partial charge in [-0.2, -0.15) is 0 Å². The maximum absolute atomic E-state index is 0. The van der Waals surface area contributed by atoms with Crippen LogP contribution in [0.3, 0.4) is 0 Å². The molecule has 0 heterocycles. The Morgan fingerprint density at radius 3 is 1.20 bits per heavy atom. The molecular weight excluding hydrogens is 213 g/mol. The van der Waals surface area contributed by atoms with Crippen molar-refractivity contribution in [2.45, 2.75) is 0 Å². The van der Waals surface area contributed by atoms with Crippen LogP contribution in [-0.2, 0) is 36.8 Å². The smallest absolute Gasteiger partial charge is 1.00 e. The Kier molecular flexibility index (Phi) is 228. The molecular formula is H9AlCaCrSiZn. The first-order chi connectivity index (χ1) is 0. The maximum atomic E-state index is 0. The van der Waals surface area contributed by atoms with Gasteiger partial charge in [0.05, 0.1) is 0 Å². The summed E-state index contributed by atoms with van der Waals surface area (Å²) >= 11 is 0. The standard InChI is InChI=1S/Al.Ca.Cr.H4Si.Zn.5H/h;;;1H4;;;;;;/q;+2;;;;;;;2*-1. The maximum Gasteiger partial charge on any atom is 2.00 e. The molecule has 0 amide bonds. The Labute approximate surface area is 104 Å². The molecule has 0 rings (SSSR count). The molecule has 5 heavy (non-hydrogen) atoms. The topological polar surface area (TPSA) is 0 Å². The van der Waals surface area contributed by atoms with Crippen LogP contribution in [0, 0.1) is 0 Å². The molecule has 5 heteroatoms. The van der Waals surface area contributed by atoms with Crippen molar-refractivity contribution in [3.8, 4) is 0 Å².